The number of phenols is 1. The van der Waals surface area contributed by atoms with Crippen LogP contribution in [-0.4, -0.2) is 24.3 Å². The second-order valence-electron chi connectivity index (χ2n) is 6.73. The van der Waals surface area contributed by atoms with Crippen molar-refractivity contribution in [1.29, 1.82) is 0 Å². The maximum Gasteiger partial charge on any atom is 0.162 e. The zero-order valence-electron chi connectivity index (χ0n) is 13.2. The Bertz CT molecular complexity index is 738. The molecule has 2 aromatic carbocycles. The van der Waals surface area contributed by atoms with Gasteiger partial charge in [0.15, 0.2) is 11.6 Å². The van der Waals surface area contributed by atoms with Gasteiger partial charge >= 0.3 is 0 Å². The molecule has 1 saturated heterocycles. The molecule has 0 aromatic heterocycles. The molecule has 1 saturated carbocycles. The Labute approximate surface area is 139 Å². The summed E-state index contributed by atoms with van der Waals surface area (Å²) in [4.78, 5) is 2.29. The lowest BCUT2D eigenvalue weighted by molar-refractivity contribution is 0.199. The maximum absolute atomic E-state index is 13.3. The van der Waals surface area contributed by atoms with Crippen molar-refractivity contribution in [2.45, 2.75) is 18.9 Å². The molecular formula is C19H19F2NO2. The van der Waals surface area contributed by atoms with Gasteiger partial charge in [0.05, 0.1) is 6.10 Å². The first kappa shape index (κ1) is 15.2. The van der Waals surface area contributed by atoms with Crippen molar-refractivity contribution in [2.24, 2.45) is 11.8 Å². The number of ether oxygens (including phenoxy) is 1. The number of rotatable bonds is 3. The molecule has 0 spiro atoms. The molecular weight excluding hydrogens is 312 g/mol. The fraction of sp³-hybridized carbons (Fsp3) is 0.368. The van der Waals surface area contributed by atoms with Crippen LogP contribution in [0.4, 0.5) is 14.5 Å². The first-order valence-electron chi connectivity index (χ1n) is 8.24. The Hall–Kier alpha value is -2.30. The van der Waals surface area contributed by atoms with Gasteiger partial charge in [-0.15, -0.1) is 0 Å². The van der Waals surface area contributed by atoms with Crippen LogP contribution >= 0.6 is 0 Å². The Kier molecular flexibility index (Phi) is 3.79. The quantitative estimate of drug-likeness (QED) is 0.924. The van der Waals surface area contributed by atoms with Gasteiger partial charge in [0.2, 0.25) is 0 Å². The summed E-state index contributed by atoms with van der Waals surface area (Å²) in [5, 5.41) is 9.62. The highest BCUT2D eigenvalue weighted by Crippen LogP contribution is 2.41. The first-order valence-corrected chi connectivity index (χ1v) is 8.24. The topological polar surface area (TPSA) is 32.7 Å². The lowest BCUT2D eigenvalue weighted by Gasteiger charge is -2.22. The number of aromatic hydroxyl groups is 1. The molecule has 1 aliphatic carbocycles. The van der Waals surface area contributed by atoms with Crippen molar-refractivity contribution >= 4 is 5.69 Å². The molecule has 0 radical (unpaired) electrons. The zero-order chi connectivity index (χ0) is 16.7. The highest BCUT2D eigenvalue weighted by Gasteiger charge is 2.42. The number of nitrogens with zero attached hydrogens (tertiary/aromatic N) is 1. The Morgan fingerprint density at radius 3 is 2.38 bits per heavy atom. The summed E-state index contributed by atoms with van der Waals surface area (Å²) in [7, 11) is 0. The summed E-state index contributed by atoms with van der Waals surface area (Å²) in [5.41, 5.74) is 1.04. The largest absolute Gasteiger partial charge is 0.508 e. The molecule has 0 bridgehead atoms. The lowest BCUT2D eigenvalue weighted by atomic mass is 10.0. The van der Waals surface area contributed by atoms with Crippen molar-refractivity contribution in [1.82, 2.24) is 0 Å². The van der Waals surface area contributed by atoms with E-state index in [4.69, 9.17) is 4.74 Å². The van der Waals surface area contributed by atoms with Crippen molar-refractivity contribution in [3.8, 4) is 11.5 Å². The van der Waals surface area contributed by atoms with E-state index >= 15 is 0 Å². The predicted octanol–water partition coefficient (Wildman–Crippen LogP) is 3.96. The molecule has 1 aliphatic heterocycles. The van der Waals surface area contributed by atoms with E-state index < -0.39 is 11.6 Å². The van der Waals surface area contributed by atoms with Crippen LogP contribution in [0.5, 0.6) is 11.5 Å². The molecule has 3 atom stereocenters. The highest BCUT2D eigenvalue weighted by atomic mass is 19.2. The van der Waals surface area contributed by atoms with Crippen LogP contribution in [0.15, 0.2) is 42.5 Å². The Morgan fingerprint density at radius 1 is 0.958 bits per heavy atom. The van der Waals surface area contributed by atoms with Crippen LogP contribution in [0, 0.1) is 23.5 Å². The minimum atomic E-state index is -0.874. The van der Waals surface area contributed by atoms with E-state index in [1.807, 2.05) is 12.1 Å². The molecule has 2 fully saturated rings. The summed E-state index contributed by atoms with van der Waals surface area (Å²) in [6.45, 7) is 1.87. The van der Waals surface area contributed by atoms with E-state index in [-0.39, 0.29) is 11.9 Å². The van der Waals surface area contributed by atoms with E-state index in [1.54, 1.807) is 12.1 Å². The number of hydrogen-bond donors (Lipinski definition) is 1. The molecule has 3 nitrogen and oxygen atoms in total. The van der Waals surface area contributed by atoms with E-state index in [0.717, 1.165) is 43.8 Å². The normalized spacial score (nSPS) is 25.8. The van der Waals surface area contributed by atoms with E-state index in [1.165, 1.54) is 6.07 Å². The van der Waals surface area contributed by atoms with Crippen LogP contribution in [0.2, 0.25) is 0 Å². The molecule has 126 valence electrons. The summed E-state index contributed by atoms with van der Waals surface area (Å²) in [5.74, 6) is 0.00579. The third kappa shape index (κ3) is 2.90. The van der Waals surface area contributed by atoms with Gasteiger partial charge < -0.3 is 14.7 Å². The number of phenolic OH excluding ortho intramolecular Hbond substituents is 1. The van der Waals surface area contributed by atoms with Gasteiger partial charge in [0.25, 0.3) is 0 Å². The van der Waals surface area contributed by atoms with Crippen molar-refractivity contribution in [2.75, 3.05) is 18.0 Å². The van der Waals surface area contributed by atoms with Crippen LogP contribution in [0.3, 0.4) is 0 Å². The smallest absolute Gasteiger partial charge is 0.162 e. The summed E-state index contributed by atoms with van der Waals surface area (Å²) < 4.78 is 32.1. The van der Waals surface area contributed by atoms with Crippen LogP contribution in [0.1, 0.15) is 12.8 Å². The van der Waals surface area contributed by atoms with Crippen molar-refractivity contribution < 1.29 is 18.6 Å². The highest BCUT2D eigenvalue weighted by molar-refractivity contribution is 5.51. The standard InChI is InChI=1S/C19H19F2NO2/c20-18-5-4-16(9-19(18)21)24-17-6-12-10-22(11-13(12)7-17)14-2-1-3-15(23)8-14/h1-5,8-9,12-13,17,23H,6-7,10-11H2/t12-,13+,17?. The summed E-state index contributed by atoms with van der Waals surface area (Å²) in [6, 6.07) is 11.0. The summed E-state index contributed by atoms with van der Waals surface area (Å²) in [6.07, 6.45) is 1.88. The minimum Gasteiger partial charge on any atom is -0.508 e. The Balaban J connectivity index is 1.38. The fourth-order valence-electron chi connectivity index (χ4n) is 3.98. The van der Waals surface area contributed by atoms with E-state index in [2.05, 4.69) is 4.90 Å². The maximum atomic E-state index is 13.3. The summed E-state index contributed by atoms with van der Waals surface area (Å²) >= 11 is 0. The molecule has 5 heteroatoms. The zero-order valence-corrected chi connectivity index (χ0v) is 13.2. The van der Waals surface area contributed by atoms with Crippen molar-refractivity contribution in [3.05, 3.63) is 54.1 Å². The molecule has 24 heavy (non-hydrogen) atoms. The third-order valence-electron chi connectivity index (χ3n) is 5.10. The number of hydrogen-bond acceptors (Lipinski definition) is 3. The van der Waals surface area contributed by atoms with Gasteiger partial charge in [-0.05, 0) is 48.9 Å². The number of anilines is 1. The average Bonchev–Trinajstić information content (AvgIpc) is 3.09. The minimum absolute atomic E-state index is 0.0520. The lowest BCUT2D eigenvalue weighted by Crippen LogP contribution is -2.24. The first-order chi connectivity index (χ1) is 11.6. The number of fused-ring (bicyclic) bond motifs is 1. The Morgan fingerprint density at radius 2 is 1.71 bits per heavy atom. The molecule has 1 heterocycles. The van der Waals surface area contributed by atoms with Gasteiger partial charge in [-0.25, -0.2) is 8.78 Å². The van der Waals surface area contributed by atoms with Gasteiger partial charge in [0.1, 0.15) is 11.5 Å². The van der Waals surface area contributed by atoms with E-state index in [0.29, 0.717) is 17.6 Å². The number of halogens is 2. The van der Waals surface area contributed by atoms with Gasteiger partial charge in [-0.1, -0.05) is 6.07 Å². The predicted molar refractivity (Wildman–Crippen MR) is 87.3 cm³/mol. The molecule has 4 rings (SSSR count). The van der Waals surface area contributed by atoms with Crippen LogP contribution < -0.4 is 9.64 Å². The molecule has 1 unspecified atom stereocenters. The number of benzene rings is 2. The molecule has 2 aromatic rings. The van der Waals surface area contributed by atoms with Gasteiger partial charge in [0, 0.05) is 30.9 Å². The van der Waals surface area contributed by atoms with Gasteiger partial charge in [-0.2, -0.15) is 0 Å². The second-order valence-corrected chi connectivity index (χ2v) is 6.73. The molecule has 2 aliphatic rings. The van der Waals surface area contributed by atoms with Crippen LogP contribution in [0.25, 0.3) is 0 Å². The second kappa shape index (κ2) is 5.96. The molecule has 1 N–H and O–H groups in total. The van der Waals surface area contributed by atoms with Gasteiger partial charge in [-0.3, -0.25) is 0 Å². The third-order valence-corrected chi connectivity index (χ3v) is 5.10. The van der Waals surface area contributed by atoms with E-state index in [9.17, 15) is 13.9 Å². The van der Waals surface area contributed by atoms with Crippen LogP contribution in [-0.2, 0) is 0 Å². The fourth-order valence-corrected chi connectivity index (χ4v) is 3.98. The molecule has 0 amide bonds. The van der Waals surface area contributed by atoms with Crippen molar-refractivity contribution in [3.63, 3.8) is 0 Å². The average molecular weight is 331 g/mol. The SMILES string of the molecule is Oc1cccc(N2C[C@H]3CC(Oc4ccc(F)c(F)c4)C[C@H]3C2)c1. The monoisotopic (exact) mass is 331 g/mol.